The van der Waals surface area contributed by atoms with Crippen LogP contribution in [0.1, 0.15) is 30.4 Å². The molecular formula is C21H35N3O2S. The smallest absolute Gasteiger partial charge is 0.193 e. The van der Waals surface area contributed by atoms with Crippen molar-refractivity contribution in [3.05, 3.63) is 35.4 Å². The average Bonchev–Trinajstić information content (AvgIpc) is 2.70. The molecule has 1 aromatic rings. The first-order valence-electron chi connectivity index (χ1n) is 9.92. The van der Waals surface area contributed by atoms with Crippen LogP contribution in [-0.4, -0.2) is 69.7 Å². The van der Waals surface area contributed by atoms with Crippen molar-refractivity contribution in [1.82, 2.24) is 10.2 Å². The number of benzene rings is 1. The maximum atomic E-state index is 5.94. The number of rotatable bonds is 10. The number of hydrogen-bond acceptors (Lipinski definition) is 4. The summed E-state index contributed by atoms with van der Waals surface area (Å²) in [4.78, 5) is 6.80. The Morgan fingerprint density at radius 1 is 1.22 bits per heavy atom. The van der Waals surface area contributed by atoms with E-state index in [9.17, 15) is 0 Å². The Morgan fingerprint density at radius 2 is 1.96 bits per heavy atom. The number of methoxy groups -OCH3 is 1. The molecule has 1 aliphatic heterocycles. The summed E-state index contributed by atoms with van der Waals surface area (Å²) in [5.74, 6) is 3.15. The lowest BCUT2D eigenvalue weighted by Gasteiger charge is -2.34. The zero-order chi connectivity index (χ0) is 19.3. The molecule has 0 bridgehead atoms. The molecule has 0 spiro atoms. The van der Waals surface area contributed by atoms with Crippen LogP contribution in [0.4, 0.5) is 0 Å². The van der Waals surface area contributed by atoms with Crippen LogP contribution in [-0.2, 0) is 15.2 Å². The highest BCUT2D eigenvalue weighted by atomic mass is 32.2. The Kier molecular flexibility index (Phi) is 10.6. The van der Waals surface area contributed by atoms with E-state index in [2.05, 4.69) is 46.4 Å². The van der Waals surface area contributed by atoms with Crippen LogP contribution in [0.3, 0.4) is 0 Å². The number of ether oxygens (including phenoxy) is 2. The molecule has 0 unspecified atom stereocenters. The van der Waals surface area contributed by atoms with Crippen LogP contribution in [0.25, 0.3) is 0 Å². The summed E-state index contributed by atoms with van der Waals surface area (Å²) in [5.41, 5.74) is 2.71. The zero-order valence-electron chi connectivity index (χ0n) is 17.1. The normalized spacial score (nSPS) is 16.0. The van der Waals surface area contributed by atoms with Crippen LogP contribution in [0.15, 0.2) is 29.3 Å². The largest absolute Gasteiger partial charge is 0.385 e. The molecule has 1 fully saturated rings. The Hall–Kier alpha value is -1.24. The second-order valence-electron chi connectivity index (χ2n) is 6.92. The van der Waals surface area contributed by atoms with Gasteiger partial charge in [0.25, 0.3) is 0 Å². The molecule has 0 atom stereocenters. The van der Waals surface area contributed by atoms with E-state index in [0.29, 0.717) is 6.10 Å². The number of piperidine rings is 1. The van der Waals surface area contributed by atoms with Gasteiger partial charge in [0.05, 0.1) is 6.10 Å². The molecule has 0 saturated carbocycles. The quantitative estimate of drug-likeness (QED) is 0.375. The number of thioether (sulfide) groups is 1. The first kappa shape index (κ1) is 22.1. The van der Waals surface area contributed by atoms with Crippen molar-refractivity contribution in [3.63, 3.8) is 0 Å². The number of aliphatic imine (C=N–C) groups is 1. The third kappa shape index (κ3) is 8.54. The van der Waals surface area contributed by atoms with E-state index in [-0.39, 0.29) is 0 Å². The lowest BCUT2D eigenvalue weighted by atomic mass is 10.1. The number of nitrogens with zero attached hydrogens (tertiary/aromatic N) is 2. The molecule has 1 aliphatic rings. The average molecular weight is 394 g/mol. The lowest BCUT2D eigenvalue weighted by Crippen LogP contribution is -2.47. The van der Waals surface area contributed by atoms with E-state index in [1.54, 1.807) is 7.11 Å². The molecule has 1 saturated heterocycles. The fourth-order valence-electron chi connectivity index (χ4n) is 3.13. The maximum absolute atomic E-state index is 5.94. The summed E-state index contributed by atoms with van der Waals surface area (Å²) in [7, 11) is 3.60. The number of guanidine groups is 1. The van der Waals surface area contributed by atoms with Crippen LogP contribution in [0.2, 0.25) is 0 Å². The van der Waals surface area contributed by atoms with Crippen LogP contribution in [0.5, 0.6) is 0 Å². The van der Waals surface area contributed by atoms with E-state index in [1.807, 2.05) is 18.8 Å². The van der Waals surface area contributed by atoms with Crippen LogP contribution >= 0.6 is 11.8 Å². The molecule has 6 heteroatoms. The molecule has 0 aromatic heterocycles. The topological polar surface area (TPSA) is 46.1 Å². The molecule has 2 rings (SSSR count). The minimum absolute atomic E-state index is 0.376. The van der Waals surface area contributed by atoms with Crippen molar-refractivity contribution < 1.29 is 9.47 Å². The molecule has 27 heavy (non-hydrogen) atoms. The van der Waals surface area contributed by atoms with Gasteiger partial charge in [0.1, 0.15) is 0 Å². The first-order chi connectivity index (χ1) is 13.2. The highest BCUT2D eigenvalue weighted by molar-refractivity contribution is 7.98. The van der Waals surface area contributed by atoms with Crippen molar-refractivity contribution in [2.24, 2.45) is 4.99 Å². The molecular weight excluding hydrogens is 358 g/mol. The van der Waals surface area contributed by atoms with Gasteiger partial charge in [-0.3, -0.25) is 4.99 Å². The predicted octanol–water partition coefficient (Wildman–Crippen LogP) is 3.32. The second kappa shape index (κ2) is 13.0. The minimum Gasteiger partial charge on any atom is -0.385 e. The Morgan fingerprint density at radius 3 is 2.63 bits per heavy atom. The van der Waals surface area contributed by atoms with Gasteiger partial charge in [-0.15, -0.1) is 0 Å². The van der Waals surface area contributed by atoms with E-state index < -0.39 is 0 Å². The van der Waals surface area contributed by atoms with E-state index in [4.69, 9.17) is 9.47 Å². The number of aryl methyl sites for hydroxylation is 1. The van der Waals surface area contributed by atoms with Crippen molar-refractivity contribution in [1.29, 1.82) is 0 Å². The molecule has 0 amide bonds. The third-order valence-electron chi connectivity index (χ3n) is 4.72. The highest BCUT2D eigenvalue weighted by Gasteiger charge is 2.21. The Labute approximate surface area is 168 Å². The maximum Gasteiger partial charge on any atom is 0.193 e. The van der Waals surface area contributed by atoms with Crippen LogP contribution in [0, 0.1) is 6.92 Å². The van der Waals surface area contributed by atoms with E-state index >= 15 is 0 Å². The van der Waals surface area contributed by atoms with Gasteiger partial charge in [0, 0.05) is 58.5 Å². The summed E-state index contributed by atoms with van der Waals surface area (Å²) in [5, 5.41) is 3.51. The zero-order valence-corrected chi connectivity index (χ0v) is 17.9. The molecule has 152 valence electrons. The van der Waals surface area contributed by atoms with Crippen molar-refractivity contribution in [2.75, 3.05) is 52.8 Å². The second-order valence-corrected chi connectivity index (χ2v) is 8.02. The first-order valence-corrected chi connectivity index (χ1v) is 11.1. The van der Waals surface area contributed by atoms with Gasteiger partial charge in [-0.05, 0) is 31.7 Å². The molecule has 0 radical (unpaired) electrons. The van der Waals surface area contributed by atoms with Gasteiger partial charge >= 0.3 is 0 Å². The Bertz CT molecular complexity index is 543. The van der Waals surface area contributed by atoms with Gasteiger partial charge in [-0.2, -0.15) is 11.8 Å². The SMILES string of the molecule is CN=C(NCCSCc1ccc(C)cc1)N1CCC(OCCCOC)CC1. The number of hydrogen-bond donors (Lipinski definition) is 1. The summed E-state index contributed by atoms with van der Waals surface area (Å²) in [6, 6.07) is 8.80. The molecule has 5 nitrogen and oxygen atoms in total. The lowest BCUT2D eigenvalue weighted by molar-refractivity contribution is 0.00993. The van der Waals surface area contributed by atoms with Gasteiger partial charge in [-0.25, -0.2) is 0 Å². The minimum atomic E-state index is 0.376. The van der Waals surface area contributed by atoms with Crippen molar-refractivity contribution in [3.8, 4) is 0 Å². The summed E-state index contributed by atoms with van der Waals surface area (Å²) in [6.45, 7) is 6.65. The molecule has 1 heterocycles. The van der Waals surface area contributed by atoms with Crippen molar-refractivity contribution >= 4 is 17.7 Å². The summed E-state index contributed by atoms with van der Waals surface area (Å²) < 4.78 is 11.0. The number of nitrogens with one attached hydrogen (secondary N) is 1. The van der Waals surface area contributed by atoms with Gasteiger partial charge in [0.2, 0.25) is 0 Å². The number of likely N-dealkylation sites (tertiary alicyclic amines) is 1. The van der Waals surface area contributed by atoms with Gasteiger partial charge in [-0.1, -0.05) is 29.8 Å². The standard InChI is InChI=1S/C21H35N3O2S/c1-18-5-7-19(8-6-18)17-27-16-11-23-21(22-2)24-12-9-20(10-13-24)26-15-4-14-25-3/h5-8,20H,4,9-17H2,1-3H3,(H,22,23). The Balaban J connectivity index is 1.58. The van der Waals surface area contributed by atoms with Crippen molar-refractivity contribution in [2.45, 2.75) is 38.0 Å². The van der Waals surface area contributed by atoms with E-state index in [1.165, 1.54) is 11.1 Å². The van der Waals surface area contributed by atoms with E-state index in [0.717, 1.165) is 69.6 Å². The monoisotopic (exact) mass is 393 g/mol. The highest BCUT2D eigenvalue weighted by Crippen LogP contribution is 2.15. The fraction of sp³-hybridized carbons (Fsp3) is 0.667. The summed E-state index contributed by atoms with van der Waals surface area (Å²) in [6.07, 6.45) is 3.48. The van der Waals surface area contributed by atoms with Crippen LogP contribution < -0.4 is 5.32 Å². The predicted molar refractivity (Wildman–Crippen MR) is 116 cm³/mol. The fourth-order valence-corrected chi connectivity index (χ4v) is 3.95. The third-order valence-corrected chi connectivity index (χ3v) is 5.75. The molecule has 1 N–H and O–H groups in total. The molecule has 0 aliphatic carbocycles. The van der Waals surface area contributed by atoms with Gasteiger partial charge in [0.15, 0.2) is 5.96 Å². The molecule has 1 aromatic carbocycles. The van der Waals surface area contributed by atoms with Gasteiger partial charge < -0.3 is 19.7 Å². The summed E-state index contributed by atoms with van der Waals surface area (Å²) >= 11 is 1.96.